The van der Waals surface area contributed by atoms with Crippen LogP contribution in [0.4, 0.5) is 4.79 Å². The van der Waals surface area contributed by atoms with Crippen molar-refractivity contribution in [3.8, 4) is 0 Å². The van der Waals surface area contributed by atoms with Crippen molar-refractivity contribution < 1.29 is 14.7 Å². The van der Waals surface area contributed by atoms with Crippen LogP contribution in [-0.4, -0.2) is 53.1 Å². The molecule has 6 heteroatoms. The van der Waals surface area contributed by atoms with Gasteiger partial charge in [0.05, 0.1) is 0 Å². The highest BCUT2D eigenvalue weighted by molar-refractivity contribution is 7.98. The van der Waals surface area contributed by atoms with Gasteiger partial charge in [0.15, 0.2) is 0 Å². The molecule has 0 fully saturated rings. The molecule has 0 saturated carbocycles. The maximum absolute atomic E-state index is 12.0. The number of thioether (sulfide) groups is 1. The Bertz CT molecular complexity index is 273. The molecule has 0 atom stereocenters. The van der Waals surface area contributed by atoms with Crippen LogP contribution in [0.15, 0.2) is 0 Å². The van der Waals surface area contributed by atoms with E-state index in [-0.39, 0.29) is 18.5 Å². The lowest BCUT2D eigenvalue weighted by Gasteiger charge is -2.26. The van der Waals surface area contributed by atoms with Crippen LogP contribution in [0.25, 0.3) is 0 Å². The fraction of sp³-hybridized carbons (Fsp3) is 0.846. The number of carbonyl (C=O) groups is 2. The van der Waals surface area contributed by atoms with Crippen LogP contribution in [0.3, 0.4) is 0 Å². The highest BCUT2D eigenvalue weighted by atomic mass is 32.2. The van der Waals surface area contributed by atoms with Gasteiger partial charge in [0.25, 0.3) is 0 Å². The van der Waals surface area contributed by atoms with E-state index in [4.69, 9.17) is 5.11 Å². The number of amides is 2. The molecule has 0 rings (SSSR count). The zero-order valence-corrected chi connectivity index (χ0v) is 13.0. The molecular formula is C13H26N2O3S. The second kappa shape index (κ2) is 11.0. The van der Waals surface area contributed by atoms with Crippen LogP contribution in [0.1, 0.15) is 39.5 Å². The first kappa shape index (κ1) is 18.1. The molecule has 0 aromatic heterocycles. The van der Waals surface area contributed by atoms with Gasteiger partial charge in [-0.3, -0.25) is 4.79 Å². The van der Waals surface area contributed by atoms with Crippen molar-refractivity contribution in [2.45, 2.75) is 45.6 Å². The monoisotopic (exact) mass is 290 g/mol. The zero-order chi connectivity index (χ0) is 14.7. The number of carboxylic acid groups (broad SMARTS) is 1. The average Bonchev–Trinajstić information content (AvgIpc) is 2.33. The van der Waals surface area contributed by atoms with Gasteiger partial charge in [0.1, 0.15) is 0 Å². The van der Waals surface area contributed by atoms with Gasteiger partial charge in [-0.1, -0.05) is 0 Å². The van der Waals surface area contributed by atoms with Crippen molar-refractivity contribution in [2.75, 3.05) is 25.1 Å². The van der Waals surface area contributed by atoms with E-state index in [9.17, 15) is 9.59 Å². The van der Waals surface area contributed by atoms with E-state index in [1.54, 1.807) is 16.7 Å². The zero-order valence-electron chi connectivity index (χ0n) is 12.1. The van der Waals surface area contributed by atoms with Crippen molar-refractivity contribution in [3.05, 3.63) is 0 Å². The fourth-order valence-corrected chi connectivity index (χ4v) is 2.16. The summed E-state index contributed by atoms with van der Waals surface area (Å²) in [5, 5.41) is 11.5. The Labute approximate surface area is 120 Å². The fourth-order valence-electron chi connectivity index (χ4n) is 1.66. The number of hydrogen-bond acceptors (Lipinski definition) is 3. The summed E-state index contributed by atoms with van der Waals surface area (Å²) in [5.41, 5.74) is 0. The number of rotatable bonds is 10. The SMILES string of the molecule is CSCCCCNC(=O)N(CCCC(=O)O)C(C)C. The maximum Gasteiger partial charge on any atom is 0.317 e. The predicted octanol–water partition coefficient (Wildman–Crippen LogP) is 2.41. The molecule has 0 aliphatic carbocycles. The van der Waals surface area contributed by atoms with Gasteiger partial charge < -0.3 is 15.3 Å². The van der Waals surface area contributed by atoms with Crippen molar-refractivity contribution in [1.82, 2.24) is 10.2 Å². The second-order valence-electron chi connectivity index (χ2n) is 4.72. The first-order valence-corrected chi connectivity index (χ1v) is 8.13. The maximum atomic E-state index is 12.0. The molecule has 0 saturated heterocycles. The van der Waals surface area contributed by atoms with Gasteiger partial charge in [0, 0.05) is 25.6 Å². The Balaban J connectivity index is 3.94. The molecule has 0 spiro atoms. The van der Waals surface area contributed by atoms with E-state index in [0.717, 1.165) is 18.6 Å². The number of aliphatic carboxylic acids is 1. The lowest BCUT2D eigenvalue weighted by atomic mass is 10.2. The van der Waals surface area contributed by atoms with Crippen molar-refractivity contribution in [2.24, 2.45) is 0 Å². The van der Waals surface area contributed by atoms with Crippen LogP contribution in [0, 0.1) is 0 Å². The summed E-state index contributed by atoms with van der Waals surface area (Å²) in [6.45, 7) is 5.05. The van der Waals surface area contributed by atoms with Crippen LogP contribution >= 0.6 is 11.8 Å². The molecule has 0 aliphatic rings. The standard InChI is InChI=1S/C13H26N2O3S/c1-11(2)15(9-6-7-12(16)17)13(18)14-8-4-5-10-19-3/h11H,4-10H2,1-3H3,(H,14,18)(H,16,17). The number of nitrogens with one attached hydrogen (secondary N) is 1. The molecule has 0 heterocycles. The Morgan fingerprint density at radius 2 is 1.95 bits per heavy atom. The number of unbranched alkanes of at least 4 members (excludes halogenated alkanes) is 1. The third kappa shape index (κ3) is 9.64. The summed E-state index contributed by atoms with van der Waals surface area (Å²) in [6, 6.07) is -0.00969. The summed E-state index contributed by atoms with van der Waals surface area (Å²) in [7, 11) is 0. The van der Waals surface area contributed by atoms with Gasteiger partial charge >= 0.3 is 12.0 Å². The van der Waals surface area contributed by atoms with Crippen molar-refractivity contribution in [3.63, 3.8) is 0 Å². The lowest BCUT2D eigenvalue weighted by molar-refractivity contribution is -0.137. The van der Waals surface area contributed by atoms with Gasteiger partial charge in [-0.25, -0.2) is 4.79 Å². The van der Waals surface area contributed by atoms with Gasteiger partial charge in [-0.15, -0.1) is 0 Å². The molecule has 19 heavy (non-hydrogen) atoms. The van der Waals surface area contributed by atoms with Crippen LogP contribution in [0.5, 0.6) is 0 Å². The van der Waals surface area contributed by atoms with E-state index in [1.165, 1.54) is 0 Å². The van der Waals surface area contributed by atoms with Crippen molar-refractivity contribution in [1.29, 1.82) is 0 Å². The van der Waals surface area contributed by atoms with E-state index in [2.05, 4.69) is 11.6 Å². The summed E-state index contributed by atoms with van der Waals surface area (Å²) in [4.78, 5) is 24.1. The van der Waals surface area contributed by atoms with E-state index >= 15 is 0 Å². The Hall–Kier alpha value is -0.910. The number of urea groups is 1. The first-order chi connectivity index (χ1) is 8.99. The largest absolute Gasteiger partial charge is 0.481 e. The number of nitrogens with zero attached hydrogens (tertiary/aromatic N) is 1. The summed E-state index contributed by atoms with van der Waals surface area (Å²) >= 11 is 1.81. The average molecular weight is 290 g/mol. The van der Waals surface area contributed by atoms with E-state index in [1.807, 2.05) is 13.8 Å². The Morgan fingerprint density at radius 1 is 1.26 bits per heavy atom. The number of carbonyl (C=O) groups excluding carboxylic acids is 1. The van der Waals surface area contributed by atoms with Gasteiger partial charge in [-0.05, 0) is 45.1 Å². The summed E-state index contributed by atoms with van der Waals surface area (Å²) in [5.74, 6) is 0.295. The molecule has 0 aromatic carbocycles. The topological polar surface area (TPSA) is 69.6 Å². The highest BCUT2D eigenvalue weighted by Crippen LogP contribution is 2.03. The first-order valence-electron chi connectivity index (χ1n) is 6.74. The predicted molar refractivity (Wildman–Crippen MR) is 79.7 cm³/mol. The molecular weight excluding hydrogens is 264 g/mol. The molecule has 0 unspecified atom stereocenters. The normalized spacial score (nSPS) is 10.5. The summed E-state index contributed by atoms with van der Waals surface area (Å²) < 4.78 is 0. The Morgan fingerprint density at radius 3 is 2.47 bits per heavy atom. The van der Waals surface area contributed by atoms with Crippen LogP contribution in [0.2, 0.25) is 0 Å². The smallest absolute Gasteiger partial charge is 0.317 e. The van der Waals surface area contributed by atoms with Crippen molar-refractivity contribution >= 4 is 23.8 Å². The third-order valence-corrected chi connectivity index (χ3v) is 3.42. The lowest BCUT2D eigenvalue weighted by Crippen LogP contribution is -2.44. The minimum atomic E-state index is -0.818. The minimum Gasteiger partial charge on any atom is -0.481 e. The van der Waals surface area contributed by atoms with E-state index < -0.39 is 5.97 Å². The molecule has 0 bridgehead atoms. The molecule has 2 N–H and O–H groups in total. The molecule has 0 radical (unpaired) electrons. The molecule has 5 nitrogen and oxygen atoms in total. The highest BCUT2D eigenvalue weighted by Gasteiger charge is 2.16. The number of carboxylic acids is 1. The molecule has 0 aliphatic heterocycles. The van der Waals surface area contributed by atoms with Gasteiger partial charge in [-0.2, -0.15) is 11.8 Å². The number of hydrogen-bond donors (Lipinski definition) is 2. The molecule has 2 amide bonds. The molecule has 0 aromatic rings. The van der Waals surface area contributed by atoms with Gasteiger partial charge in [0.2, 0.25) is 0 Å². The van der Waals surface area contributed by atoms with Crippen LogP contribution < -0.4 is 5.32 Å². The Kier molecular flexibility index (Phi) is 10.4. The molecule has 112 valence electrons. The quantitative estimate of drug-likeness (QED) is 0.606. The van der Waals surface area contributed by atoms with Crippen LogP contribution in [-0.2, 0) is 4.79 Å². The minimum absolute atomic E-state index is 0.0833. The summed E-state index contributed by atoms with van der Waals surface area (Å²) in [6.07, 6.45) is 4.74. The van der Waals surface area contributed by atoms with E-state index in [0.29, 0.717) is 19.5 Å². The second-order valence-corrected chi connectivity index (χ2v) is 5.70. The third-order valence-electron chi connectivity index (χ3n) is 2.73.